The van der Waals surface area contributed by atoms with E-state index in [4.69, 9.17) is 5.11 Å². The second-order valence-corrected chi connectivity index (χ2v) is 11.2. The first-order valence-corrected chi connectivity index (χ1v) is 13.9. The lowest BCUT2D eigenvalue weighted by molar-refractivity contribution is -0.135. The summed E-state index contributed by atoms with van der Waals surface area (Å²) >= 11 is 0. The third kappa shape index (κ3) is 4.71. The molecule has 2 aliphatic carbocycles. The van der Waals surface area contributed by atoms with Crippen molar-refractivity contribution in [3.63, 3.8) is 0 Å². The molecule has 12 heteroatoms. The number of carbonyl (C=O) groups excluding carboxylic acids is 3. The van der Waals surface area contributed by atoms with Gasteiger partial charge in [0.05, 0.1) is 0 Å². The highest BCUT2D eigenvalue weighted by atomic mass is 19.3. The second-order valence-electron chi connectivity index (χ2n) is 11.2. The number of carbonyl (C=O) groups is 3. The Morgan fingerprint density at radius 2 is 1.62 bits per heavy atom. The van der Waals surface area contributed by atoms with Crippen molar-refractivity contribution in [2.75, 3.05) is 63.9 Å². The number of aliphatic hydroxyl groups is 1. The molecule has 2 aromatic rings. The summed E-state index contributed by atoms with van der Waals surface area (Å²) in [4.78, 5) is 45.7. The van der Waals surface area contributed by atoms with Gasteiger partial charge in [-0.3, -0.25) is 19.1 Å². The highest BCUT2D eigenvalue weighted by Crippen LogP contribution is 2.57. The van der Waals surface area contributed by atoms with Gasteiger partial charge in [-0.1, -0.05) is 12.1 Å². The third-order valence-electron chi connectivity index (χ3n) is 8.94. The van der Waals surface area contributed by atoms with E-state index < -0.39 is 13.0 Å². The van der Waals surface area contributed by atoms with E-state index in [1.807, 2.05) is 6.07 Å². The predicted octanol–water partition coefficient (Wildman–Crippen LogP) is 1.41. The lowest BCUT2D eigenvalue weighted by Gasteiger charge is -2.37. The first-order valence-electron chi connectivity index (χ1n) is 13.9. The van der Waals surface area contributed by atoms with E-state index in [0.29, 0.717) is 75.5 Å². The Bertz CT molecular complexity index is 1330. The summed E-state index contributed by atoms with van der Waals surface area (Å²) in [5.41, 5.74) is 3.77. The molecular weight excluding hydrogens is 522 g/mol. The van der Waals surface area contributed by atoms with Crippen molar-refractivity contribution in [1.29, 1.82) is 0 Å². The molecule has 2 saturated heterocycles. The molecule has 1 saturated carbocycles. The van der Waals surface area contributed by atoms with E-state index in [2.05, 4.69) is 10.00 Å². The van der Waals surface area contributed by atoms with Crippen LogP contribution in [0, 0.1) is 12.8 Å². The van der Waals surface area contributed by atoms with E-state index in [9.17, 15) is 23.2 Å². The highest BCUT2D eigenvalue weighted by Gasteiger charge is 2.50. The molecule has 4 aliphatic rings. The van der Waals surface area contributed by atoms with Crippen LogP contribution in [0.4, 0.5) is 14.5 Å². The number of piperazine rings is 2. The molecule has 2 aliphatic heterocycles. The summed E-state index contributed by atoms with van der Waals surface area (Å²) in [6.07, 6.45) is -0.666. The molecule has 1 aromatic heterocycles. The summed E-state index contributed by atoms with van der Waals surface area (Å²) < 4.78 is 28.4. The normalized spacial score (nSPS) is 22.0. The van der Waals surface area contributed by atoms with Gasteiger partial charge in [-0.05, 0) is 43.2 Å². The van der Waals surface area contributed by atoms with Crippen LogP contribution in [-0.4, -0.2) is 106 Å². The van der Waals surface area contributed by atoms with Crippen LogP contribution < -0.4 is 4.90 Å². The van der Waals surface area contributed by atoms with Crippen LogP contribution in [0.15, 0.2) is 18.2 Å². The smallest absolute Gasteiger partial charge is 0.274 e. The zero-order chi connectivity index (χ0) is 28.1. The number of hydrogen-bond acceptors (Lipinski definition) is 6. The van der Waals surface area contributed by atoms with Gasteiger partial charge in [0, 0.05) is 74.9 Å². The average Bonchev–Trinajstić information content (AvgIpc) is 3.50. The molecule has 6 rings (SSSR count). The number of anilines is 1. The third-order valence-corrected chi connectivity index (χ3v) is 8.94. The zero-order valence-electron chi connectivity index (χ0n) is 22.6. The van der Waals surface area contributed by atoms with Crippen molar-refractivity contribution in [2.45, 2.75) is 38.7 Å². The summed E-state index contributed by atoms with van der Waals surface area (Å²) in [6, 6.07) is 4.95. The van der Waals surface area contributed by atoms with Crippen molar-refractivity contribution in [3.05, 3.63) is 46.3 Å². The van der Waals surface area contributed by atoms with E-state index in [0.717, 1.165) is 29.8 Å². The molecule has 10 nitrogen and oxygen atoms in total. The summed E-state index contributed by atoms with van der Waals surface area (Å²) in [6.45, 7) is 4.80. The van der Waals surface area contributed by atoms with Crippen LogP contribution in [0.3, 0.4) is 0 Å². The molecule has 214 valence electrons. The van der Waals surface area contributed by atoms with E-state index in [1.165, 1.54) is 6.07 Å². The van der Waals surface area contributed by atoms with E-state index >= 15 is 0 Å². The minimum absolute atomic E-state index is 0.0347. The molecule has 0 bridgehead atoms. The number of nitrogens with zero attached hydrogens (tertiary/aromatic N) is 6. The molecule has 1 N–H and O–H groups in total. The Balaban J connectivity index is 1.11. The number of aliphatic hydroxyl groups excluding tert-OH is 1. The van der Waals surface area contributed by atoms with Crippen LogP contribution >= 0.6 is 0 Å². The fourth-order valence-corrected chi connectivity index (χ4v) is 6.53. The molecule has 2 atom stereocenters. The van der Waals surface area contributed by atoms with Crippen molar-refractivity contribution >= 4 is 23.4 Å². The number of rotatable bonds is 6. The van der Waals surface area contributed by atoms with Crippen LogP contribution in [-0.2, 0) is 22.6 Å². The molecule has 3 fully saturated rings. The fourth-order valence-electron chi connectivity index (χ4n) is 6.53. The number of amides is 3. The van der Waals surface area contributed by atoms with Crippen molar-refractivity contribution < 1.29 is 28.3 Å². The van der Waals surface area contributed by atoms with Crippen molar-refractivity contribution in [3.8, 4) is 0 Å². The first kappa shape index (κ1) is 26.7. The van der Waals surface area contributed by atoms with Gasteiger partial charge in [0.25, 0.3) is 12.3 Å². The summed E-state index contributed by atoms with van der Waals surface area (Å²) in [7, 11) is 0. The Labute approximate surface area is 231 Å². The number of benzene rings is 1. The maximum absolute atomic E-state index is 13.5. The molecule has 40 heavy (non-hydrogen) atoms. The Hall–Kier alpha value is -3.54. The van der Waals surface area contributed by atoms with Gasteiger partial charge < -0.3 is 24.7 Å². The van der Waals surface area contributed by atoms with Crippen LogP contribution in [0.2, 0.25) is 0 Å². The molecule has 3 heterocycles. The Morgan fingerprint density at radius 3 is 2.30 bits per heavy atom. The number of halogens is 2. The molecule has 0 radical (unpaired) electrons. The standard InChI is InChI=1S/C28H34F2N6O4/c1-17-19(27(29)30)3-2-4-21(17)32-5-7-33(8-6-32)23(38)15-36-22-14-18-13-20(18)25(22)26(31-36)28(40)35-11-9-34(10-12-35)24(39)16-37/h2-4,18,20,27,37H,5-16H2,1H3/t18-,20-/m1/s1. The van der Waals surface area contributed by atoms with Gasteiger partial charge in [-0.15, -0.1) is 0 Å². The molecular formula is C28H34F2N6O4. The largest absolute Gasteiger partial charge is 0.387 e. The van der Waals surface area contributed by atoms with Gasteiger partial charge in [0.15, 0.2) is 5.69 Å². The quantitative estimate of drug-likeness (QED) is 0.578. The van der Waals surface area contributed by atoms with Crippen LogP contribution in [0.5, 0.6) is 0 Å². The van der Waals surface area contributed by atoms with Gasteiger partial charge in [-0.25, -0.2) is 8.78 Å². The average molecular weight is 557 g/mol. The molecule has 3 amide bonds. The summed E-state index contributed by atoms with van der Waals surface area (Å²) in [5, 5.41) is 13.8. The lowest BCUT2D eigenvalue weighted by atomic mass is 10.1. The van der Waals surface area contributed by atoms with Crippen LogP contribution in [0.25, 0.3) is 0 Å². The number of aromatic nitrogens is 2. The second kappa shape index (κ2) is 10.5. The van der Waals surface area contributed by atoms with Gasteiger partial charge in [0.2, 0.25) is 11.8 Å². The Kier molecular flexibility index (Phi) is 6.97. The van der Waals surface area contributed by atoms with Gasteiger partial charge in [0.1, 0.15) is 13.2 Å². The number of alkyl halides is 2. The van der Waals surface area contributed by atoms with Crippen LogP contribution in [0.1, 0.15) is 51.6 Å². The minimum Gasteiger partial charge on any atom is -0.387 e. The SMILES string of the molecule is Cc1c(C(F)F)cccc1N1CCN(C(=O)Cn2nc(C(=O)N3CCN(C(=O)CO)CC3)c3c2C[C@H]2C[C@@H]32)CC1. The van der Waals surface area contributed by atoms with Crippen molar-refractivity contribution in [1.82, 2.24) is 24.5 Å². The molecule has 1 aromatic carbocycles. The molecule has 0 spiro atoms. The fraction of sp³-hybridized carbons (Fsp3) is 0.571. The first-order chi connectivity index (χ1) is 19.3. The lowest BCUT2D eigenvalue weighted by Crippen LogP contribution is -2.51. The van der Waals surface area contributed by atoms with Crippen molar-refractivity contribution in [2.24, 2.45) is 5.92 Å². The minimum atomic E-state index is -2.53. The zero-order valence-corrected chi connectivity index (χ0v) is 22.6. The highest BCUT2D eigenvalue weighted by molar-refractivity contribution is 5.95. The monoisotopic (exact) mass is 556 g/mol. The maximum Gasteiger partial charge on any atom is 0.274 e. The topological polar surface area (TPSA) is 102 Å². The maximum atomic E-state index is 13.5. The summed E-state index contributed by atoms with van der Waals surface area (Å²) in [5.74, 6) is 0.260. The number of hydrogen-bond donors (Lipinski definition) is 1. The van der Waals surface area contributed by atoms with E-state index in [-0.39, 0.29) is 29.8 Å². The Morgan fingerprint density at radius 1 is 0.975 bits per heavy atom. The molecule has 0 unspecified atom stereocenters. The van der Waals surface area contributed by atoms with Gasteiger partial charge >= 0.3 is 0 Å². The predicted molar refractivity (Wildman–Crippen MR) is 141 cm³/mol. The van der Waals surface area contributed by atoms with E-state index in [1.54, 1.807) is 32.4 Å². The number of fused-ring (bicyclic) bond motifs is 3. The van der Waals surface area contributed by atoms with Gasteiger partial charge in [-0.2, -0.15) is 5.10 Å².